The lowest BCUT2D eigenvalue weighted by Crippen LogP contribution is -2.42. The number of carbonyl (C=O) groups excluding carboxylic acids is 1. The number of hydrogen-bond donors (Lipinski definition) is 1. The summed E-state index contributed by atoms with van der Waals surface area (Å²) in [7, 11) is 2.71. The van der Waals surface area contributed by atoms with Crippen molar-refractivity contribution in [2.24, 2.45) is 11.8 Å². The molecule has 1 saturated carbocycles. The predicted molar refractivity (Wildman–Crippen MR) is 107 cm³/mol. The average molecular weight is 383 g/mol. The molecular weight excluding hydrogens is 344 g/mol. The molecule has 27 heavy (non-hydrogen) atoms. The van der Waals surface area contributed by atoms with E-state index in [1.807, 2.05) is 0 Å². The zero-order valence-corrected chi connectivity index (χ0v) is 17.4. The number of rotatable bonds is 15. The normalized spacial score (nSPS) is 20.6. The molecule has 156 valence electrons. The highest BCUT2D eigenvalue weighted by Crippen LogP contribution is 2.34. The highest BCUT2D eigenvalue weighted by molar-refractivity contribution is 5.83. The van der Waals surface area contributed by atoms with Crippen molar-refractivity contribution in [1.29, 1.82) is 0 Å². The van der Waals surface area contributed by atoms with E-state index in [1.54, 1.807) is 0 Å². The number of Topliss-reactive ketones (excluding diaryl/α,β-unsaturated/α-hetero) is 1. The van der Waals surface area contributed by atoms with Gasteiger partial charge in [-0.2, -0.15) is 0 Å². The Morgan fingerprint density at radius 2 is 1.85 bits per heavy atom. The molecule has 0 saturated heterocycles. The Balaban J connectivity index is 2.33. The van der Waals surface area contributed by atoms with Gasteiger partial charge in [-0.15, -0.1) is 0 Å². The number of unbranched alkanes of at least 4 members (excludes halogenated alkanes) is 6. The molecule has 0 amide bonds. The van der Waals surface area contributed by atoms with Gasteiger partial charge in [0.1, 0.15) is 5.78 Å². The van der Waals surface area contributed by atoms with Crippen molar-refractivity contribution in [3.05, 3.63) is 12.2 Å². The topological polar surface area (TPSA) is 72.8 Å². The fraction of sp³-hybridized carbons (Fsp3) is 0.818. The Hall–Kier alpha value is -1.20. The van der Waals surface area contributed by atoms with E-state index in [9.17, 15) is 14.7 Å². The molecule has 1 rings (SSSR count). The van der Waals surface area contributed by atoms with Crippen LogP contribution >= 0.6 is 0 Å². The SMILES string of the molecule is CCCCCC/C=C/[C@H]1CCC(=O)[C@@H]1CCCCCC(OC)(OC)C(=O)O. The summed E-state index contributed by atoms with van der Waals surface area (Å²) in [6.07, 6.45) is 16.1. The quantitative estimate of drug-likeness (QED) is 0.241. The van der Waals surface area contributed by atoms with Crippen molar-refractivity contribution in [3.8, 4) is 0 Å². The summed E-state index contributed by atoms with van der Waals surface area (Å²) in [6, 6.07) is 0. The molecule has 0 spiro atoms. The number of aliphatic carboxylic acids is 1. The number of ether oxygens (including phenoxy) is 2. The molecule has 0 aliphatic heterocycles. The van der Waals surface area contributed by atoms with E-state index in [4.69, 9.17) is 9.47 Å². The minimum atomic E-state index is -1.55. The van der Waals surface area contributed by atoms with Crippen LogP contribution < -0.4 is 0 Å². The second-order valence-corrected chi connectivity index (χ2v) is 7.62. The second-order valence-electron chi connectivity index (χ2n) is 7.62. The molecule has 1 N–H and O–H groups in total. The second kappa shape index (κ2) is 13.1. The maximum atomic E-state index is 12.2. The van der Waals surface area contributed by atoms with Crippen LogP contribution in [0.1, 0.15) is 84.0 Å². The minimum absolute atomic E-state index is 0.144. The standard InChI is InChI=1S/C22H38O5/c1-4-5-6-7-8-10-13-18-15-16-20(23)19(18)14-11-9-12-17-22(26-2,27-3)21(24)25/h10,13,18-19H,4-9,11-12,14-17H2,1-3H3,(H,24,25)/b13-10+/t18-,19+/m0/s1. The van der Waals surface area contributed by atoms with Crippen molar-refractivity contribution < 1.29 is 24.2 Å². The van der Waals surface area contributed by atoms with Gasteiger partial charge in [0.25, 0.3) is 5.79 Å². The Labute approximate surface area is 164 Å². The zero-order chi connectivity index (χ0) is 20.1. The summed E-state index contributed by atoms with van der Waals surface area (Å²) in [5.41, 5.74) is 0. The Bertz CT molecular complexity index is 467. The van der Waals surface area contributed by atoms with Gasteiger partial charge in [0.05, 0.1) is 0 Å². The summed E-state index contributed by atoms with van der Waals surface area (Å²) < 4.78 is 10.1. The third kappa shape index (κ3) is 7.74. The van der Waals surface area contributed by atoms with Gasteiger partial charge in [0, 0.05) is 33.0 Å². The smallest absolute Gasteiger partial charge is 0.364 e. The van der Waals surface area contributed by atoms with Crippen molar-refractivity contribution in [3.63, 3.8) is 0 Å². The van der Waals surface area contributed by atoms with Crippen LogP contribution in [0, 0.1) is 11.8 Å². The first-order chi connectivity index (χ1) is 13.0. The summed E-state index contributed by atoms with van der Waals surface area (Å²) in [5.74, 6) is -1.72. The molecule has 0 aromatic rings. The van der Waals surface area contributed by atoms with E-state index >= 15 is 0 Å². The van der Waals surface area contributed by atoms with Crippen LogP contribution in [0.15, 0.2) is 12.2 Å². The third-order valence-corrected chi connectivity index (χ3v) is 5.77. The molecule has 0 aromatic carbocycles. The zero-order valence-electron chi connectivity index (χ0n) is 17.4. The number of carbonyl (C=O) groups is 2. The van der Waals surface area contributed by atoms with Crippen LogP contribution in [-0.2, 0) is 19.1 Å². The lowest BCUT2D eigenvalue weighted by molar-refractivity contribution is -0.228. The molecule has 5 nitrogen and oxygen atoms in total. The Morgan fingerprint density at radius 1 is 1.15 bits per heavy atom. The number of carboxylic acids is 1. The van der Waals surface area contributed by atoms with Crippen LogP contribution in [0.3, 0.4) is 0 Å². The molecular formula is C22H38O5. The van der Waals surface area contributed by atoms with Gasteiger partial charge >= 0.3 is 5.97 Å². The van der Waals surface area contributed by atoms with E-state index in [0.717, 1.165) is 32.1 Å². The highest BCUT2D eigenvalue weighted by Gasteiger charge is 2.38. The maximum Gasteiger partial charge on any atom is 0.364 e. The van der Waals surface area contributed by atoms with Crippen molar-refractivity contribution >= 4 is 11.8 Å². The molecule has 0 bridgehead atoms. The van der Waals surface area contributed by atoms with E-state index in [-0.39, 0.29) is 5.92 Å². The van der Waals surface area contributed by atoms with Gasteiger partial charge in [0.2, 0.25) is 0 Å². The number of hydrogen-bond acceptors (Lipinski definition) is 4. The Kier molecular flexibility index (Phi) is 11.5. The average Bonchev–Trinajstić information content (AvgIpc) is 3.01. The molecule has 1 fully saturated rings. The van der Waals surface area contributed by atoms with Crippen molar-refractivity contribution in [2.45, 2.75) is 89.8 Å². The first-order valence-corrected chi connectivity index (χ1v) is 10.5. The molecule has 0 unspecified atom stereocenters. The van der Waals surface area contributed by atoms with Gasteiger partial charge in [-0.25, -0.2) is 4.79 Å². The van der Waals surface area contributed by atoms with Gasteiger partial charge in [0.15, 0.2) is 0 Å². The molecule has 1 aliphatic carbocycles. The van der Waals surface area contributed by atoms with Gasteiger partial charge < -0.3 is 14.6 Å². The van der Waals surface area contributed by atoms with Crippen LogP contribution in [0.25, 0.3) is 0 Å². The third-order valence-electron chi connectivity index (χ3n) is 5.77. The van der Waals surface area contributed by atoms with Crippen LogP contribution in [0.5, 0.6) is 0 Å². The van der Waals surface area contributed by atoms with Gasteiger partial charge in [-0.3, -0.25) is 4.79 Å². The summed E-state index contributed by atoms with van der Waals surface area (Å²) in [5, 5.41) is 9.27. The lowest BCUT2D eigenvalue weighted by Gasteiger charge is -2.26. The molecule has 0 radical (unpaired) electrons. The van der Waals surface area contributed by atoms with Crippen LogP contribution in [0.2, 0.25) is 0 Å². The van der Waals surface area contributed by atoms with E-state index in [0.29, 0.717) is 31.0 Å². The van der Waals surface area contributed by atoms with E-state index in [1.165, 1.54) is 39.9 Å². The Morgan fingerprint density at radius 3 is 2.48 bits per heavy atom. The lowest BCUT2D eigenvalue weighted by atomic mass is 9.89. The molecule has 0 aromatic heterocycles. The fourth-order valence-corrected chi connectivity index (χ4v) is 3.97. The predicted octanol–water partition coefficient (Wildman–Crippen LogP) is 5.13. The fourth-order valence-electron chi connectivity index (χ4n) is 3.97. The van der Waals surface area contributed by atoms with Crippen LogP contribution in [0.4, 0.5) is 0 Å². The van der Waals surface area contributed by atoms with Gasteiger partial charge in [-0.05, 0) is 38.0 Å². The number of allylic oxidation sites excluding steroid dienone is 2. The maximum absolute atomic E-state index is 12.2. The molecule has 1 aliphatic rings. The molecule has 0 heterocycles. The number of methoxy groups -OCH3 is 2. The van der Waals surface area contributed by atoms with Crippen LogP contribution in [-0.4, -0.2) is 36.9 Å². The number of carboxylic acid groups (broad SMARTS) is 1. The number of ketones is 1. The largest absolute Gasteiger partial charge is 0.477 e. The monoisotopic (exact) mass is 382 g/mol. The first kappa shape index (κ1) is 23.8. The van der Waals surface area contributed by atoms with E-state index in [2.05, 4.69) is 19.1 Å². The summed E-state index contributed by atoms with van der Waals surface area (Å²) in [6.45, 7) is 2.22. The minimum Gasteiger partial charge on any atom is -0.477 e. The van der Waals surface area contributed by atoms with Gasteiger partial charge in [-0.1, -0.05) is 51.2 Å². The van der Waals surface area contributed by atoms with Crippen molar-refractivity contribution in [2.75, 3.05) is 14.2 Å². The summed E-state index contributed by atoms with van der Waals surface area (Å²) in [4.78, 5) is 23.5. The van der Waals surface area contributed by atoms with Crippen molar-refractivity contribution in [1.82, 2.24) is 0 Å². The van der Waals surface area contributed by atoms with E-state index < -0.39 is 11.8 Å². The first-order valence-electron chi connectivity index (χ1n) is 10.5. The molecule has 5 heteroatoms. The summed E-state index contributed by atoms with van der Waals surface area (Å²) >= 11 is 0. The highest BCUT2D eigenvalue weighted by atomic mass is 16.7. The molecule has 2 atom stereocenters.